The molecular weight excluding hydrogens is 408 g/mol. The molecule has 5 nitrogen and oxygen atoms in total. The van der Waals surface area contributed by atoms with Gasteiger partial charge in [-0.3, -0.25) is 0 Å². The van der Waals surface area contributed by atoms with Crippen LogP contribution in [0.4, 0.5) is 5.69 Å². The summed E-state index contributed by atoms with van der Waals surface area (Å²) in [4.78, 5) is 2.57. The molecule has 0 aromatic heterocycles. The highest BCUT2D eigenvalue weighted by atomic mass is 35.5. The predicted molar refractivity (Wildman–Crippen MR) is 119 cm³/mol. The number of aryl methyl sites for hydroxylation is 1. The van der Waals surface area contributed by atoms with Crippen molar-refractivity contribution in [3.8, 4) is 5.75 Å². The lowest BCUT2D eigenvalue weighted by Gasteiger charge is -2.35. The molecule has 0 unspecified atom stereocenters. The van der Waals surface area contributed by atoms with Crippen LogP contribution in [0.5, 0.6) is 5.75 Å². The molecule has 0 atom stereocenters. The van der Waals surface area contributed by atoms with Gasteiger partial charge in [-0.15, -0.1) is 0 Å². The SMILES string of the molecule is CCOc1cc(C)c(S(=O)(=O)N2CCN(c3ccc(Cl)cc3)CC2)cc1C(C)C. The Kier molecular flexibility index (Phi) is 6.76. The fraction of sp³-hybridized carbons (Fsp3) is 0.455. The van der Waals surface area contributed by atoms with Crippen LogP contribution in [0.3, 0.4) is 0 Å². The highest BCUT2D eigenvalue weighted by molar-refractivity contribution is 7.89. The van der Waals surface area contributed by atoms with Gasteiger partial charge in [0.25, 0.3) is 0 Å². The first-order chi connectivity index (χ1) is 13.7. The van der Waals surface area contributed by atoms with Gasteiger partial charge in [0.15, 0.2) is 0 Å². The monoisotopic (exact) mass is 436 g/mol. The van der Waals surface area contributed by atoms with Crippen molar-refractivity contribution < 1.29 is 13.2 Å². The standard InChI is InChI=1S/C22H29ClN2O3S/c1-5-28-21-14-17(4)22(15-20(21)16(2)3)29(26,27)25-12-10-24(11-13-25)19-8-6-18(23)7-9-19/h6-9,14-16H,5,10-13H2,1-4H3. The van der Waals surface area contributed by atoms with Crippen LogP contribution in [0.25, 0.3) is 0 Å². The van der Waals surface area contributed by atoms with E-state index in [0.29, 0.717) is 42.7 Å². The molecule has 2 aromatic carbocycles. The van der Waals surface area contributed by atoms with E-state index in [1.807, 2.05) is 44.2 Å². The molecule has 1 aliphatic heterocycles. The summed E-state index contributed by atoms with van der Waals surface area (Å²) >= 11 is 5.97. The first-order valence-corrected chi connectivity index (χ1v) is 11.8. The van der Waals surface area contributed by atoms with E-state index < -0.39 is 10.0 Å². The summed E-state index contributed by atoms with van der Waals surface area (Å²) in [6.07, 6.45) is 0. The number of rotatable bonds is 6. The van der Waals surface area contributed by atoms with Crippen LogP contribution in [0, 0.1) is 6.92 Å². The van der Waals surface area contributed by atoms with Crippen LogP contribution < -0.4 is 9.64 Å². The number of sulfonamides is 1. The zero-order chi connectivity index (χ0) is 21.2. The second-order valence-electron chi connectivity index (χ2n) is 7.61. The van der Waals surface area contributed by atoms with Crippen molar-refractivity contribution in [2.45, 2.75) is 38.5 Å². The van der Waals surface area contributed by atoms with Gasteiger partial charge in [0, 0.05) is 36.9 Å². The molecule has 0 radical (unpaired) electrons. The van der Waals surface area contributed by atoms with Gasteiger partial charge in [-0.05, 0) is 67.3 Å². The van der Waals surface area contributed by atoms with Gasteiger partial charge in [-0.2, -0.15) is 4.31 Å². The third kappa shape index (κ3) is 4.71. The fourth-order valence-corrected chi connectivity index (χ4v) is 5.45. The van der Waals surface area contributed by atoms with E-state index in [2.05, 4.69) is 18.7 Å². The summed E-state index contributed by atoms with van der Waals surface area (Å²) in [5.41, 5.74) is 2.71. The molecule has 2 aromatic rings. The van der Waals surface area contributed by atoms with Crippen molar-refractivity contribution in [3.63, 3.8) is 0 Å². The van der Waals surface area contributed by atoms with Gasteiger partial charge in [0.05, 0.1) is 11.5 Å². The highest BCUT2D eigenvalue weighted by Gasteiger charge is 2.31. The summed E-state index contributed by atoms with van der Waals surface area (Å²) in [5.74, 6) is 0.944. The molecule has 0 aliphatic carbocycles. The average Bonchev–Trinajstić information content (AvgIpc) is 2.68. The Hall–Kier alpha value is -1.76. The van der Waals surface area contributed by atoms with Crippen LogP contribution in [-0.4, -0.2) is 45.5 Å². The molecule has 29 heavy (non-hydrogen) atoms. The van der Waals surface area contributed by atoms with Crippen LogP contribution in [-0.2, 0) is 10.0 Å². The molecule has 0 amide bonds. The Labute approximate surface area is 179 Å². The first kappa shape index (κ1) is 21.9. The quantitative estimate of drug-likeness (QED) is 0.659. The van der Waals surface area contributed by atoms with E-state index >= 15 is 0 Å². The van der Waals surface area contributed by atoms with Gasteiger partial charge in [0.1, 0.15) is 5.75 Å². The first-order valence-electron chi connectivity index (χ1n) is 10.0. The molecule has 1 heterocycles. The van der Waals surface area contributed by atoms with Crippen molar-refractivity contribution in [2.24, 2.45) is 0 Å². The summed E-state index contributed by atoms with van der Waals surface area (Å²) < 4.78 is 34.1. The maximum absolute atomic E-state index is 13.4. The number of ether oxygens (including phenoxy) is 1. The van der Waals surface area contributed by atoms with Crippen molar-refractivity contribution in [1.82, 2.24) is 4.31 Å². The fourth-order valence-electron chi connectivity index (χ4n) is 3.66. The zero-order valence-electron chi connectivity index (χ0n) is 17.5. The molecule has 158 valence electrons. The maximum Gasteiger partial charge on any atom is 0.243 e. The Balaban J connectivity index is 1.82. The number of nitrogens with zero attached hydrogens (tertiary/aromatic N) is 2. The van der Waals surface area contributed by atoms with Crippen molar-refractivity contribution >= 4 is 27.3 Å². The van der Waals surface area contributed by atoms with E-state index in [9.17, 15) is 8.42 Å². The predicted octanol–water partition coefficient (Wildman–Crippen LogP) is 4.68. The molecule has 0 N–H and O–H groups in total. The van der Waals surface area contributed by atoms with Crippen LogP contribution in [0.1, 0.15) is 37.8 Å². The third-order valence-electron chi connectivity index (χ3n) is 5.28. The highest BCUT2D eigenvalue weighted by Crippen LogP contribution is 2.33. The number of piperazine rings is 1. The number of anilines is 1. The lowest BCUT2D eigenvalue weighted by atomic mass is 10.0. The molecule has 1 aliphatic rings. The van der Waals surface area contributed by atoms with E-state index in [0.717, 1.165) is 22.6 Å². The molecular formula is C22H29ClN2O3S. The van der Waals surface area contributed by atoms with Gasteiger partial charge in [0.2, 0.25) is 10.0 Å². The van der Waals surface area contributed by atoms with Gasteiger partial charge < -0.3 is 9.64 Å². The van der Waals surface area contributed by atoms with Gasteiger partial charge in [-0.25, -0.2) is 8.42 Å². The summed E-state index contributed by atoms with van der Waals surface area (Å²) in [6.45, 7) is 10.6. The van der Waals surface area contributed by atoms with Crippen molar-refractivity contribution in [1.29, 1.82) is 0 Å². The average molecular weight is 437 g/mol. The number of hydrogen-bond donors (Lipinski definition) is 0. The minimum atomic E-state index is -3.56. The van der Waals surface area contributed by atoms with E-state index in [4.69, 9.17) is 16.3 Å². The number of benzene rings is 2. The maximum atomic E-state index is 13.4. The second-order valence-corrected chi connectivity index (χ2v) is 9.95. The van der Waals surface area contributed by atoms with Gasteiger partial charge >= 0.3 is 0 Å². The lowest BCUT2D eigenvalue weighted by molar-refractivity contribution is 0.334. The Morgan fingerprint density at radius 3 is 2.24 bits per heavy atom. The van der Waals surface area contributed by atoms with Crippen molar-refractivity contribution in [2.75, 3.05) is 37.7 Å². The normalized spacial score (nSPS) is 15.7. The summed E-state index contributed by atoms with van der Waals surface area (Å²) in [5, 5.41) is 0.696. The summed E-state index contributed by atoms with van der Waals surface area (Å²) in [7, 11) is -3.56. The Morgan fingerprint density at radius 2 is 1.69 bits per heavy atom. The second kappa shape index (κ2) is 8.94. The van der Waals surface area contributed by atoms with Crippen LogP contribution in [0.2, 0.25) is 5.02 Å². The smallest absolute Gasteiger partial charge is 0.243 e. The van der Waals surface area contributed by atoms with Crippen LogP contribution >= 0.6 is 11.6 Å². The van der Waals surface area contributed by atoms with E-state index in [-0.39, 0.29) is 5.92 Å². The van der Waals surface area contributed by atoms with Crippen molar-refractivity contribution in [3.05, 3.63) is 52.5 Å². The van der Waals surface area contributed by atoms with E-state index in [1.54, 1.807) is 10.4 Å². The molecule has 0 spiro atoms. The Bertz CT molecular complexity index is 951. The van der Waals surface area contributed by atoms with E-state index in [1.165, 1.54) is 0 Å². The molecule has 1 fully saturated rings. The minimum absolute atomic E-state index is 0.174. The molecule has 0 saturated carbocycles. The zero-order valence-corrected chi connectivity index (χ0v) is 19.1. The van der Waals surface area contributed by atoms with Crippen LogP contribution in [0.15, 0.2) is 41.3 Å². The molecule has 7 heteroatoms. The number of hydrogen-bond acceptors (Lipinski definition) is 4. The van der Waals surface area contributed by atoms with Gasteiger partial charge in [-0.1, -0.05) is 25.4 Å². The Morgan fingerprint density at radius 1 is 1.07 bits per heavy atom. The minimum Gasteiger partial charge on any atom is -0.494 e. The molecule has 0 bridgehead atoms. The topological polar surface area (TPSA) is 49.9 Å². The third-order valence-corrected chi connectivity index (χ3v) is 7.57. The summed E-state index contributed by atoms with van der Waals surface area (Å²) in [6, 6.07) is 11.3. The number of halogens is 1. The molecule has 3 rings (SSSR count). The molecule has 1 saturated heterocycles. The largest absolute Gasteiger partial charge is 0.494 e. The lowest BCUT2D eigenvalue weighted by Crippen LogP contribution is -2.48.